The fourth-order valence-electron chi connectivity index (χ4n) is 1.19. The number of rotatable bonds is 4. The van der Waals surface area contributed by atoms with Crippen LogP contribution in [0.1, 0.15) is 18.9 Å². The molecule has 0 aliphatic rings. The molecule has 0 saturated carbocycles. The molecule has 0 spiro atoms. The van der Waals surface area contributed by atoms with Crippen LogP contribution in [0.15, 0.2) is 42.5 Å². The van der Waals surface area contributed by atoms with Crippen molar-refractivity contribution < 1.29 is 5.11 Å². The maximum absolute atomic E-state index is 9.49. The van der Waals surface area contributed by atoms with E-state index in [1.165, 1.54) is 5.56 Å². The van der Waals surface area contributed by atoms with Crippen molar-refractivity contribution in [3.05, 3.63) is 48.0 Å². The van der Waals surface area contributed by atoms with Crippen molar-refractivity contribution in [3.8, 4) is 0 Å². The van der Waals surface area contributed by atoms with Gasteiger partial charge in [0.25, 0.3) is 0 Å². The van der Waals surface area contributed by atoms with Gasteiger partial charge in [0.2, 0.25) is 0 Å². The van der Waals surface area contributed by atoms with E-state index in [0.29, 0.717) is 0 Å². The van der Waals surface area contributed by atoms with E-state index in [2.05, 4.69) is 18.7 Å². The average Bonchev–Trinajstić information content (AvgIpc) is 2.15. The largest absolute Gasteiger partial charge is 0.389 e. The molecule has 13 heavy (non-hydrogen) atoms. The van der Waals surface area contributed by atoms with Crippen molar-refractivity contribution in [2.75, 3.05) is 0 Å². The lowest BCUT2D eigenvalue weighted by Gasteiger charge is -2.09. The molecule has 0 unspecified atom stereocenters. The lowest BCUT2D eigenvalue weighted by Crippen LogP contribution is -2.08. The number of hydrogen-bond donors (Lipinski definition) is 1. The molecular weight excluding hydrogens is 160 g/mol. The molecule has 1 aromatic rings. The Morgan fingerprint density at radius 1 is 1.38 bits per heavy atom. The van der Waals surface area contributed by atoms with E-state index in [9.17, 15) is 5.11 Å². The molecule has 0 bridgehead atoms. The average molecular weight is 176 g/mol. The lowest BCUT2D eigenvalue weighted by atomic mass is 10.0. The molecule has 0 radical (unpaired) electrons. The van der Waals surface area contributed by atoms with Crippen molar-refractivity contribution in [1.29, 1.82) is 0 Å². The van der Waals surface area contributed by atoms with Gasteiger partial charge in [-0.2, -0.15) is 0 Å². The maximum Gasteiger partial charge on any atom is 0.0748 e. The first-order chi connectivity index (χ1) is 6.20. The zero-order valence-electron chi connectivity index (χ0n) is 8.03. The number of aryl methyl sites for hydroxylation is 1. The van der Waals surface area contributed by atoms with Crippen LogP contribution < -0.4 is 0 Å². The molecule has 0 aliphatic carbocycles. The third-order valence-corrected chi connectivity index (χ3v) is 2.12. The predicted molar refractivity (Wildman–Crippen MR) is 55.6 cm³/mol. The highest BCUT2D eigenvalue weighted by Gasteiger charge is 2.03. The van der Waals surface area contributed by atoms with Gasteiger partial charge in [-0.15, -0.1) is 0 Å². The van der Waals surface area contributed by atoms with E-state index in [1.807, 2.05) is 25.1 Å². The first-order valence-corrected chi connectivity index (χ1v) is 4.57. The van der Waals surface area contributed by atoms with Crippen LogP contribution in [0.5, 0.6) is 0 Å². The van der Waals surface area contributed by atoms with Crippen LogP contribution in [0, 0.1) is 0 Å². The van der Waals surface area contributed by atoms with Gasteiger partial charge in [-0.05, 0) is 25.3 Å². The van der Waals surface area contributed by atoms with Crippen LogP contribution in [0.2, 0.25) is 0 Å². The Bertz CT molecular complexity index is 264. The molecule has 1 heteroatoms. The maximum atomic E-state index is 9.49. The first-order valence-electron chi connectivity index (χ1n) is 4.57. The quantitative estimate of drug-likeness (QED) is 0.699. The van der Waals surface area contributed by atoms with Gasteiger partial charge in [0.1, 0.15) is 0 Å². The van der Waals surface area contributed by atoms with Crippen molar-refractivity contribution in [3.63, 3.8) is 0 Å². The lowest BCUT2D eigenvalue weighted by molar-refractivity contribution is 0.201. The SMILES string of the molecule is C=C(C)[C@H](O)CCc1ccccc1. The fourth-order valence-corrected chi connectivity index (χ4v) is 1.19. The molecule has 1 N–H and O–H groups in total. The van der Waals surface area contributed by atoms with Crippen molar-refractivity contribution in [2.45, 2.75) is 25.9 Å². The van der Waals surface area contributed by atoms with Gasteiger partial charge < -0.3 is 5.11 Å². The molecule has 0 heterocycles. The van der Waals surface area contributed by atoms with Crippen molar-refractivity contribution >= 4 is 0 Å². The highest BCUT2D eigenvalue weighted by atomic mass is 16.3. The molecule has 0 aromatic heterocycles. The Morgan fingerprint density at radius 2 is 2.00 bits per heavy atom. The Labute approximate surface area is 79.7 Å². The van der Waals surface area contributed by atoms with Gasteiger partial charge in [0.05, 0.1) is 6.10 Å². The summed E-state index contributed by atoms with van der Waals surface area (Å²) in [5.41, 5.74) is 2.11. The number of aliphatic hydroxyl groups excluding tert-OH is 1. The second-order valence-electron chi connectivity index (χ2n) is 3.39. The van der Waals surface area contributed by atoms with Gasteiger partial charge in [-0.3, -0.25) is 0 Å². The van der Waals surface area contributed by atoms with E-state index < -0.39 is 0 Å². The minimum Gasteiger partial charge on any atom is -0.389 e. The van der Waals surface area contributed by atoms with Gasteiger partial charge in [0.15, 0.2) is 0 Å². The summed E-state index contributed by atoms with van der Waals surface area (Å²) in [6, 6.07) is 10.2. The summed E-state index contributed by atoms with van der Waals surface area (Å²) < 4.78 is 0. The summed E-state index contributed by atoms with van der Waals surface area (Å²) in [7, 11) is 0. The van der Waals surface area contributed by atoms with Crippen LogP contribution in [-0.4, -0.2) is 11.2 Å². The molecule has 1 aromatic carbocycles. The van der Waals surface area contributed by atoms with Crippen LogP contribution >= 0.6 is 0 Å². The molecule has 0 amide bonds. The van der Waals surface area contributed by atoms with Crippen LogP contribution in [0.25, 0.3) is 0 Å². The highest BCUT2D eigenvalue weighted by molar-refractivity contribution is 5.15. The van der Waals surface area contributed by atoms with E-state index in [4.69, 9.17) is 0 Å². The molecule has 1 nitrogen and oxygen atoms in total. The normalized spacial score (nSPS) is 12.5. The smallest absolute Gasteiger partial charge is 0.0748 e. The Kier molecular flexibility index (Phi) is 3.71. The summed E-state index contributed by atoms with van der Waals surface area (Å²) in [5, 5.41) is 9.49. The summed E-state index contributed by atoms with van der Waals surface area (Å²) in [6.07, 6.45) is 1.31. The first kappa shape index (κ1) is 10.0. The standard InChI is InChI=1S/C12H16O/c1-10(2)12(13)9-8-11-6-4-3-5-7-11/h3-7,12-13H,1,8-9H2,2H3/t12-/m1/s1. The summed E-state index contributed by atoms with van der Waals surface area (Å²) in [4.78, 5) is 0. The molecule has 70 valence electrons. The number of aliphatic hydroxyl groups is 1. The second kappa shape index (κ2) is 4.83. The third-order valence-electron chi connectivity index (χ3n) is 2.12. The van der Waals surface area contributed by atoms with Crippen LogP contribution in [-0.2, 0) is 6.42 Å². The second-order valence-corrected chi connectivity index (χ2v) is 3.39. The van der Waals surface area contributed by atoms with Crippen LogP contribution in [0.4, 0.5) is 0 Å². The summed E-state index contributed by atoms with van der Waals surface area (Å²) in [6.45, 7) is 5.57. The van der Waals surface area contributed by atoms with Crippen molar-refractivity contribution in [2.24, 2.45) is 0 Å². The minimum atomic E-state index is -0.361. The van der Waals surface area contributed by atoms with E-state index >= 15 is 0 Å². The third kappa shape index (κ3) is 3.43. The molecule has 1 rings (SSSR count). The number of hydrogen-bond acceptors (Lipinski definition) is 1. The van der Waals surface area contributed by atoms with Gasteiger partial charge in [-0.1, -0.05) is 42.5 Å². The monoisotopic (exact) mass is 176 g/mol. The van der Waals surface area contributed by atoms with E-state index in [1.54, 1.807) is 0 Å². The van der Waals surface area contributed by atoms with E-state index in [0.717, 1.165) is 18.4 Å². The molecule has 0 saturated heterocycles. The minimum absolute atomic E-state index is 0.361. The Morgan fingerprint density at radius 3 is 2.54 bits per heavy atom. The zero-order chi connectivity index (χ0) is 9.68. The fraction of sp³-hybridized carbons (Fsp3) is 0.333. The topological polar surface area (TPSA) is 20.2 Å². The number of benzene rings is 1. The predicted octanol–water partition coefficient (Wildman–Crippen LogP) is 2.56. The molecular formula is C12H16O. The van der Waals surface area contributed by atoms with Gasteiger partial charge in [-0.25, -0.2) is 0 Å². The highest BCUT2D eigenvalue weighted by Crippen LogP contribution is 2.08. The van der Waals surface area contributed by atoms with Crippen molar-refractivity contribution in [1.82, 2.24) is 0 Å². The zero-order valence-corrected chi connectivity index (χ0v) is 8.03. The molecule has 0 fully saturated rings. The van der Waals surface area contributed by atoms with Crippen LogP contribution in [0.3, 0.4) is 0 Å². The van der Waals surface area contributed by atoms with E-state index in [-0.39, 0.29) is 6.10 Å². The van der Waals surface area contributed by atoms with Gasteiger partial charge in [0, 0.05) is 0 Å². The molecule has 0 aliphatic heterocycles. The summed E-state index contributed by atoms with van der Waals surface area (Å²) in [5.74, 6) is 0. The van der Waals surface area contributed by atoms with Gasteiger partial charge >= 0.3 is 0 Å². The Hall–Kier alpha value is -1.08. The Balaban J connectivity index is 2.39. The summed E-state index contributed by atoms with van der Waals surface area (Å²) >= 11 is 0. The molecule has 1 atom stereocenters.